The molecule has 0 aromatic rings. The van der Waals surface area contributed by atoms with Gasteiger partial charge in [-0.15, -0.1) is 0 Å². The van der Waals surface area contributed by atoms with Crippen LogP contribution in [0.15, 0.2) is 85.1 Å². The number of phosphoric acid groups is 1. The lowest BCUT2D eigenvalue weighted by molar-refractivity contribution is -0.870. The van der Waals surface area contributed by atoms with Gasteiger partial charge in [0.1, 0.15) is 13.2 Å². The Kier molecular flexibility index (Phi) is 28.3. The summed E-state index contributed by atoms with van der Waals surface area (Å²) in [4.78, 5) is 24.9. The second-order valence-corrected chi connectivity index (χ2v) is 13.9. The number of rotatable bonds is 29. The number of carbonyl (C=O) groups is 1. The Morgan fingerprint density at radius 2 is 1.28 bits per heavy atom. The van der Waals surface area contributed by atoms with Crippen LogP contribution >= 0.6 is 7.82 Å². The molecular weight excluding hydrogens is 611 g/mol. The molecule has 0 rings (SSSR count). The van der Waals surface area contributed by atoms with E-state index in [2.05, 4.69) is 92.1 Å². The zero-order valence-corrected chi connectivity index (χ0v) is 30.8. The Morgan fingerprint density at radius 3 is 1.79 bits per heavy atom. The molecule has 0 aliphatic rings. The van der Waals surface area contributed by atoms with Crippen molar-refractivity contribution in [2.45, 2.75) is 109 Å². The fraction of sp³-hybridized carbons (Fsp3) is 0.605. The molecule has 8 nitrogen and oxygen atoms in total. The summed E-state index contributed by atoms with van der Waals surface area (Å²) in [6.07, 6.45) is 39.8. The first kappa shape index (κ1) is 44.7. The summed E-state index contributed by atoms with van der Waals surface area (Å²) in [6.45, 7) is 4.28. The molecule has 0 bridgehead atoms. The van der Waals surface area contributed by atoms with Crippen LogP contribution in [0.5, 0.6) is 0 Å². The summed E-state index contributed by atoms with van der Waals surface area (Å²) < 4.78 is 22.8. The van der Waals surface area contributed by atoms with Gasteiger partial charge in [0.05, 0.1) is 39.9 Å². The first-order valence-electron chi connectivity index (χ1n) is 17.4. The van der Waals surface area contributed by atoms with E-state index >= 15 is 0 Å². The third-order valence-corrected chi connectivity index (χ3v) is 7.83. The average Bonchev–Trinajstić information content (AvgIpc) is 3.01. The van der Waals surface area contributed by atoms with Crippen LogP contribution in [-0.4, -0.2) is 68.5 Å². The quantitative estimate of drug-likeness (QED) is 0.0359. The lowest BCUT2D eigenvalue weighted by Gasteiger charge is -2.29. The summed E-state index contributed by atoms with van der Waals surface area (Å²) in [6, 6.07) is -0.909. The SMILES string of the molecule is CC/C=C\C/C=C\C/C=C\C/C=C\C/C=C\C/C=C\CCCCC(=O)NC(COP(=O)([O-])OCC[N+](C)(C)C)C(O)/C=C/CCCC. The maximum Gasteiger partial charge on any atom is 0.268 e. The molecule has 2 N–H and O–H groups in total. The molecule has 9 heteroatoms. The molecule has 3 atom stereocenters. The minimum atomic E-state index is -4.58. The predicted molar refractivity (Wildman–Crippen MR) is 196 cm³/mol. The largest absolute Gasteiger partial charge is 0.756 e. The van der Waals surface area contributed by atoms with Crippen molar-refractivity contribution in [1.29, 1.82) is 0 Å². The van der Waals surface area contributed by atoms with Crippen LogP contribution in [0, 0.1) is 0 Å². The fourth-order valence-corrected chi connectivity index (χ4v) is 4.74. The smallest absolute Gasteiger partial charge is 0.268 e. The van der Waals surface area contributed by atoms with Crippen molar-refractivity contribution in [3.63, 3.8) is 0 Å². The van der Waals surface area contributed by atoms with Crippen molar-refractivity contribution in [2.75, 3.05) is 40.9 Å². The van der Waals surface area contributed by atoms with E-state index in [1.165, 1.54) is 0 Å². The molecule has 47 heavy (non-hydrogen) atoms. The van der Waals surface area contributed by atoms with Crippen LogP contribution in [0.25, 0.3) is 0 Å². The lowest BCUT2D eigenvalue weighted by Crippen LogP contribution is -2.45. The van der Waals surface area contributed by atoms with Gasteiger partial charge in [-0.1, -0.05) is 112 Å². The number of hydrogen-bond donors (Lipinski definition) is 2. The number of aliphatic hydroxyl groups excluding tert-OH is 1. The Hall–Kier alpha value is -2.32. The highest BCUT2D eigenvalue weighted by Crippen LogP contribution is 2.38. The molecule has 3 unspecified atom stereocenters. The summed E-state index contributed by atoms with van der Waals surface area (Å²) in [5, 5.41) is 13.4. The third-order valence-electron chi connectivity index (χ3n) is 6.86. The highest BCUT2D eigenvalue weighted by atomic mass is 31.2. The Labute approximate surface area is 286 Å². The van der Waals surface area contributed by atoms with E-state index in [0.717, 1.165) is 70.6 Å². The molecule has 0 fully saturated rings. The second kappa shape index (κ2) is 29.8. The van der Waals surface area contributed by atoms with E-state index in [4.69, 9.17) is 9.05 Å². The van der Waals surface area contributed by atoms with Crippen LogP contribution < -0.4 is 10.2 Å². The number of amides is 1. The number of quaternary nitrogens is 1. The molecule has 0 saturated carbocycles. The van der Waals surface area contributed by atoms with Crippen molar-refractivity contribution < 1.29 is 32.9 Å². The monoisotopic (exact) mass is 676 g/mol. The van der Waals surface area contributed by atoms with E-state index in [-0.39, 0.29) is 18.9 Å². The number of unbranched alkanes of at least 4 members (excludes halogenated alkanes) is 4. The summed E-state index contributed by atoms with van der Waals surface area (Å²) in [5.74, 6) is -0.256. The van der Waals surface area contributed by atoms with Gasteiger partial charge in [-0.25, -0.2) is 0 Å². The van der Waals surface area contributed by atoms with Crippen LogP contribution in [0.2, 0.25) is 0 Å². The van der Waals surface area contributed by atoms with Gasteiger partial charge in [-0.3, -0.25) is 9.36 Å². The van der Waals surface area contributed by atoms with E-state index in [1.807, 2.05) is 27.2 Å². The number of hydrogen-bond acceptors (Lipinski definition) is 6. The van der Waals surface area contributed by atoms with Gasteiger partial charge < -0.3 is 28.8 Å². The van der Waals surface area contributed by atoms with Crippen LogP contribution in [-0.2, 0) is 18.4 Å². The van der Waals surface area contributed by atoms with Gasteiger partial charge in [0.2, 0.25) is 5.91 Å². The Morgan fingerprint density at radius 1 is 0.766 bits per heavy atom. The summed E-state index contributed by atoms with van der Waals surface area (Å²) in [5.41, 5.74) is 0. The van der Waals surface area contributed by atoms with Gasteiger partial charge >= 0.3 is 0 Å². The minimum Gasteiger partial charge on any atom is -0.756 e. The molecule has 0 saturated heterocycles. The molecule has 0 aromatic heterocycles. The number of carbonyl (C=O) groups excluding carboxylic acids is 1. The van der Waals surface area contributed by atoms with Gasteiger partial charge in [0, 0.05) is 6.42 Å². The predicted octanol–water partition coefficient (Wildman–Crippen LogP) is 8.04. The first-order valence-corrected chi connectivity index (χ1v) is 18.9. The van der Waals surface area contributed by atoms with E-state index < -0.39 is 26.6 Å². The number of nitrogens with zero attached hydrogens (tertiary/aromatic N) is 1. The highest BCUT2D eigenvalue weighted by Gasteiger charge is 2.23. The van der Waals surface area contributed by atoms with Crippen LogP contribution in [0.3, 0.4) is 0 Å². The second-order valence-electron chi connectivity index (χ2n) is 12.5. The number of likely N-dealkylation sites (N-methyl/N-ethyl adjacent to an activating group) is 1. The van der Waals surface area contributed by atoms with Gasteiger partial charge in [0.25, 0.3) is 7.82 Å². The molecule has 268 valence electrons. The summed E-state index contributed by atoms with van der Waals surface area (Å²) >= 11 is 0. The number of nitrogens with one attached hydrogen (secondary N) is 1. The van der Waals surface area contributed by atoms with E-state index in [1.54, 1.807) is 6.08 Å². The zero-order valence-electron chi connectivity index (χ0n) is 29.9. The lowest BCUT2D eigenvalue weighted by atomic mass is 10.1. The average molecular weight is 677 g/mol. The molecule has 0 aliphatic heterocycles. The highest BCUT2D eigenvalue weighted by molar-refractivity contribution is 7.45. The number of allylic oxidation sites excluding steroid dienone is 13. The van der Waals surface area contributed by atoms with Crippen molar-refractivity contribution in [2.24, 2.45) is 0 Å². The van der Waals surface area contributed by atoms with Gasteiger partial charge in [0.15, 0.2) is 0 Å². The maximum absolute atomic E-state index is 12.6. The van der Waals surface area contributed by atoms with Crippen LogP contribution in [0.1, 0.15) is 97.3 Å². The Bertz CT molecular complexity index is 1040. The number of phosphoric ester groups is 1. The number of aliphatic hydroxyl groups is 1. The molecule has 0 heterocycles. The van der Waals surface area contributed by atoms with Crippen molar-refractivity contribution >= 4 is 13.7 Å². The summed E-state index contributed by atoms with van der Waals surface area (Å²) in [7, 11) is 1.20. The fourth-order valence-electron chi connectivity index (χ4n) is 4.02. The van der Waals surface area contributed by atoms with Gasteiger partial charge in [-0.05, 0) is 64.2 Å². The zero-order chi connectivity index (χ0) is 35.1. The molecule has 0 radical (unpaired) electrons. The van der Waals surface area contributed by atoms with Crippen molar-refractivity contribution in [3.8, 4) is 0 Å². The van der Waals surface area contributed by atoms with E-state index in [9.17, 15) is 19.4 Å². The topological polar surface area (TPSA) is 108 Å². The third kappa shape index (κ3) is 32.0. The van der Waals surface area contributed by atoms with Gasteiger partial charge in [-0.2, -0.15) is 0 Å². The van der Waals surface area contributed by atoms with Crippen molar-refractivity contribution in [1.82, 2.24) is 5.32 Å². The Balaban J connectivity index is 4.36. The minimum absolute atomic E-state index is 0.0163. The molecular formula is C38H65N2O6P. The molecule has 1 amide bonds. The van der Waals surface area contributed by atoms with Crippen molar-refractivity contribution in [3.05, 3.63) is 85.1 Å². The molecule has 0 aromatic carbocycles. The standard InChI is InChI=1S/C38H65N2O6P/c1-6-8-10-12-13-14-15-16-17-18-19-20-21-22-23-24-25-26-27-28-30-32-38(42)39-36(37(41)31-29-11-9-7-2)35-46-47(43,44)45-34-33-40(3,4)5/h8,10,13-14,16-17,19-20,22-23,25-26,29,31,36-37,41H,6-7,9,11-12,15,18,21,24,27-28,30,32-35H2,1-5H3,(H-,39,42,43,44)/b10-8-,14-13-,17-16-,20-19-,23-22-,26-25-,31-29+. The molecule has 0 spiro atoms. The van der Waals surface area contributed by atoms with Crippen LogP contribution in [0.4, 0.5) is 0 Å². The molecule has 0 aliphatic carbocycles. The maximum atomic E-state index is 12.6. The van der Waals surface area contributed by atoms with E-state index in [0.29, 0.717) is 17.4 Å². The normalized spacial score (nSPS) is 15.8. The first-order chi connectivity index (χ1) is 22.5.